The van der Waals surface area contributed by atoms with Crippen molar-refractivity contribution in [2.75, 3.05) is 26.4 Å². The number of carbonyl (C=O) groups excluding carboxylic acids is 4. The summed E-state index contributed by atoms with van der Waals surface area (Å²) in [4.78, 5) is 54.1. The molecular formula is C39H48O8. The molecule has 8 nitrogen and oxygen atoms in total. The minimum atomic E-state index is -0.772. The van der Waals surface area contributed by atoms with Gasteiger partial charge in [-0.25, -0.2) is 0 Å². The van der Waals surface area contributed by atoms with Crippen molar-refractivity contribution in [3.63, 3.8) is 0 Å². The predicted octanol–water partition coefficient (Wildman–Crippen LogP) is 4.91. The Kier molecular flexibility index (Phi) is 5.09. The first kappa shape index (κ1) is 28.0. The second-order valence-electron chi connectivity index (χ2n) is 19.8. The summed E-state index contributed by atoms with van der Waals surface area (Å²) in [5.41, 5.74) is -1.46. The molecule has 13 saturated carbocycles. The summed E-state index contributed by atoms with van der Waals surface area (Å²) in [5, 5.41) is 0. The van der Waals surface area contributed by atoms with Crippen LogP contribution in [0.1, 0.15) is 89.9 Å². The highest BCUT2D eigenvalue weighted by molar-refractivity contribution is 5.92. The summed E-state index contributed by atoms with van der Waals surface area (Å²) >= 11 is 0. The predicted molar refractivity (Wildman–Crippen MR) is 163 cm³/mol. The van der Waals surface area contributed by atoms with Crippen molar-refractivity contribution >= 4 is 23.5 Å². The van der Waals surface area contributed by atoms with E-state index >= 15 is 0 Å². The molecule has 13 unspecified atom stereocenters. The largest absolute Gasteiger partial charge is 0.464 e. The molecule has 0 N–H and O–H groups in total. The summed E-state index contributed by atoms with van der Waals surface area (Å²) in [6.45, 7) is 0.920. The van der Waals surface area contributed by atoms with Crippen molar-refractivity contribution in [2.24, 2.45) is 92.7 Å². The van der Waals surface area contributed by atoms with Crippen molar-refractivity contribution in [3.8, 4) is 0 Å². The van der Waals surface area contributed by atoms with Gasteiger partial charge in [-0.2, -0.15) is 0 Å². The van der Waals surface area contributed by atoms with Crippen molar-refractivity contribution in [2.45, 2.75) is 95.7 Å². The number of carbonyl (C=O) groups is 4. The topological polar surface area (TPSA) is 105 Å². The van der Waals surface area contributed by atoms with Gasteiger partial charge in [0, 0.05) is 35.5 Å². The molecule has 8 heteroatoms. The zero-order chi connectivity index (χ0) is 31.3. The molecule has 13 bridgehead atoms. The molecule has 0 aromatic heterocycles. The lowest BCUT2D eigenvalue weighted by molar-refractivity contribution is -0.359. The summed E-state index contributed by atoms with van der Waals surface area (Å²) in [6.07, 6.45) is 13.7. The van der Waals surface area contributed by atoms with Crippen LogP contribution in [0.25, 0.3) is 0 Å². The van der Waals surface area contributed by atoms with Crippen LogP contribution in [-0.4, -0.2) is 55.7 Å². The van der Waals surface area contributed by atoms with E-state index in [-0.39, 0.29) is 54.7 Å². The highest BCUT2D eigenvalue weighted by Gasteiger charge is 2.78. The highest BCUT2D eigenvalue weighted by atomic mass is 16.7. The quantitative estimate of drug-likeness (QED) is 0.376. The fourth-order valence-electron chi connectivity index (χ4n) is 16.6. The summed E-state index contributed by atoms with van der Waals surface area (Å²) in [7, 11) is 0. The van der Waals surface area contributed by atoms with E-state index in [1.54, 1.807) is 0 Å². The SMILES string of the molecule is O=C1C2CC3CC1CC(C(=O)OCC1(COC(=O)C45CC6CC7C(CC(C6=O)C74)C5)COC4(OC1)C1CC5CC6CC4C6(C5)C1)(C3)C2. The molecule has 1 saturated heterocycles. The fourth-order valence-corrected chi connectivity index (χ4v) is 16.6. The van der Waals surface area contributed by atoms with Crippen molar-refractivity contribution in [1.82, 2.24) is 0 Å². The molecular weight excluding hydrogens is 596 g/mol. The molecule has 14 rings (SSSR count). The van der Waals surface area contributed by atoms with E-state index in [9.17, 15) is 19.2 Å². The van der Waals surface area contributed by atoms with Crippen LogP contribution in [0.4, 0.5) is 0 Å². The monoisotopic (exact) mass is 644 g/mol. The molecule has 14 fully saturated rings. The Morgan fingerprint density at radius 3 is 2.17 bits per heavy atom. The van der Waals surface area contributed by atoms with Gasteiger partial charge in [0.15, 0.2) is 5.79 Å². The zero-order valence-corrected chi connectivity index (χ0v) is 27.4. The summed E-state index contributed by atoms with van der Waals surface area (Å²) < 4.78 is 26.6. The van der Waals surface area contributed by atoms with Gasteiger partial charge in [-0.15, -0.1) is 0 Å². The maximum Gasteiger partial charge on any atom is 0.312 e. The van der Waals surface area contributed by atoms with Gasteiger partial charge in [0.25, 0.3) is 0 Å². The highest BCUT2D eigenvalue weighted by Crippen LogP contribution is 2.79. The molecule has 47 heavy (non-hydrogen) atoms. The van der Waals surface area contributed by atoms with Crippen LogP contribution >= 0.6 is 0 Å². The smallest absolute Gasteiger partial charge is 0.312 e. The van der Waals surface area contributed by atoms with Crippen LogP contribution in [0.2, 0.25) is 0 Å². The number of ketones is 2. The third kappa shape index (κ3) is 3.19. The number of hydrogen-bond acceptors (Lipinski definition) is 8. The average molecular weight is 645 g/mol. The van der Waals surface area contributed by atoms with Crippen LogP contribution in [0.3, 0.4) is 0 Å². The first-order valence-corrected chi connectivity index (χ1v) is 19.3. The van der Waals surface area contributed by atoms with Crippen LogP contribution in [0.5, 0.6) is 0 Å². The Hall–Kier alpha value is -1.80. The average Bonchev–Trinajstić information content (AvgIpc) is 3.61. The van der Waals surface area contributed by atoms with Gasteiger partial charge in [0.1, 0.15) is 24.8 Å². The molecule has 0 aromatic carbocycles. The van der Waals surface area contributed by atoms with E-state index < -0.39 is 22.0 Å². The van der Waals surface area contributed by atoms with E-state index in [1.165, 1.54) is 32.1 Å². The van der Waals surface area contributed by atoms with Gasteiger partial charge >= 0.3 is 11.9 Å². The molecule has 14 aliphatic rings. The second kappa shape index (κ2) is 8.55. The van der Waals surface area contributed by atoms with Crippen LogP contribution in [0, 0.1) is 92.7 Å². The van der Waals surface area contributed by atoms with Gasteiger partial charge in [0.05, 0.1) is 29.5 Å². The van der Waals surface area contributed by atoms with Crippen molar-refractivity contribution in [1.29, 1.82) is 0 Å². The Bertz CT molecular complexity index is 1510. The second-order valence-corrected chi connectivity index (χ2v) is 19.8. The Morgan fingerprint density at radius 1 is 0.681 bits per heavy atom. The first-order valence-electron chi connectivity index (χ1n) is 19.3. The molecule has 0 amide bonds. The normalized spacial score (nSPS) is 60.5. The summed E-state index contributed by atoms with van der Waals surface area (Å²) in [5.74, 6) is 4.02. The standard InChI is InChI=1S/C39H48O8/c40-31-22-1-19-2-23(31)11-36(8-19,10-22)33(42)44-15-35(16-45-34(43)38-12-21-5-28-30(38)27(21)6-24(13-38)32(28)41)17-46-39(47-18-35)26-4-20-3-25-7-29(39)37(25,9-20)14-26/h19-30H,1-18H2. The van der Waals surface area contributed by atoms with Gasteiger partial charge in [0.2, 0.25) is 0 Å². The molecule has 0 aromatic rings. The molecule has 1 aliphatic heterocycles. The number of fused-ring (bicyclic) bond motifs is 4. The van der Waals surface area contributed by atoms with E-state index in [4.69, 9.17) is 18.9 Å². The Morgan fingerprint density at radius 2 is 1.38 bits per heavy atom. The number of hydrogen-bond donors (Lipinski definition) is 0. The molecule has 1 heterocycles. The van der Waals surface area contributed by atoms with Gasteiger partial charge in [-0.3, -0.25) is 19.2 Å². The van der Waals surface area contributed by atoms with E-state index in [1.807, 2.05) is 0 Å². The van der Waals surface area contributed by atoms with E-state index in [0.717, 1.165) is 50.4 Å². The first-order chi connectivity index (χ1) is 22.6. The Balaban J connectivity index is 0.808. The van der Waals surface area contributed by atoms with Gasteiger partial charge in [-0.05, 0) is 131 Å². The van der Waals surface area contributed by atoms with Crippen LogP contribution in [0.15, 0.2) is 0 Å². The van der Waals surface area contributed by atoms with Crippen molar-refractivity contribution in [3.05, 3.63) is 0 Å². The number of esters is 2. The third-order valence-corrected chi connectivity index (χ3v) is 17.9. The maximum absolute atomic E-state index is 14.2. The molecule has 13 atom stereocenters. The van der Waals surface area contributed by atoms with Gasteiger partial charge in [-0.1, -0.05) is 0 Å². The lowest BCUT2D eigenvalue weighted by Gasteiger charge is -2.56. The Labute approximate surface area is 276 Å². The van der Waals surface area contributed by atoms with Crippen molar-refractivity contribution < 1.29 is 38.1 Å². The van der Waals surface area contributed by atoms with E-state index in [0.29, 0.717) is 79.0 Å². The fraction of sp³-hybridized carbons (Fsp3) is 0.897. The van der Waals surface area contributed by atoms with Gasteiger partial charge < -0.3 is 18.9 Å². The number of rotatable bonds is 6. The maximum atomic E-state index is 14.2. The molecule has 2 spiro atoms. The molecule has 252 valence electrons. The molecule has 0 radical (unpaired) electrons. The minimum absolute atomic E-state index is 0.00562. The third-order valence-electron chi connectivity index (χ3n) is 17.9. The zero-order valence-electron chi connectivity index (χ0n) is 27.4. The van der Waals surface area contributed by atoms with Crippen LogP contribution in [-0.2, 0) is 38.1 Å². The molecule has 13 aliphatic carbocycles. The van der Waals surface area contributed by atoms with Crippen LogP contribution < -0.4 is 0 Å². The lowest BCUT2D eigenvalue weighted by atomic mass is 9.49. The van der Waals surface area contributed by atoms with E-state index in [2.05, 4.69) is 0 Å². The number of ether oxygens (including phenoxy) is 4. The lowest BCUT2D eigenvalue weighted by Crippen LogP contribution is -2.62. The summed E-state index contributed by atoms with van der Waals surface area (Å²) in [6, 6.07) is 0. The number of Topliss-reactive ketones (excluding diaryl/α,β-unsaturated/α-hetero) is 2. The minimum Gasteiger partial charge on any atom is -0.464 e.